The van der Waals surface area contributed by atoms with E-state index >= 15 is 0 Å². The zero-order valence-electron chi connectivity index (χ0n) is 15.6. The first-order chi connectivity index (χ1) is 10.9. The van der Waals surface area contributed by atoms with Gasteiger partial charge in [-0.25, -0.2) is 0 Å². The van der Waals surface area contributed by atoms with E-state index in [0.29, 0.717) is 24.4 Å². The smallest absolute Gasteiger partial charge is 0.135 e. The van der Waals surface area contributed by atoms with Gasteiger partial charge < -0.3 is 0 Å². The molecule has 0 aromatic carbocycles. The Kier molecular flexibility index (Phi) is 15.6. The third kappa shape index (κ3) is 16.7. The van der Waals surface area contributed by atoms with Gasteiger partial charge in [-0.1, -0.05) is 68.5 Å². The molecule has 0 amide bonds. The van der Waals surface area contributed by atoms with E-state index in [1.165, 1.54) is 18.6 Å². The van der Waals surface area contributed by atoms with Gasteiger partial charge in [0.25, 0.3) is 0 Å². The number of ketones is 2. The molecule has 0 aromatic rings. The van der Waals surface area contributed by atoms with Gasteiger partial charge in [0.2, 0.25) is 0 Å². The van der Waals surface area contributed by atoms with Crippen molar-refractivity contribution in [3.63, 3.8) is 0 Å². The van der Waals surface area contributed by atoms with E-state index in [-0.39, 0.29) is 5.92 Å². The maximum atomic E-state index is 11.8. The van der Waals surface area contributed by atoms with Crippen LogP contribution in [-0.4, -0.2) is 23.1 Å². The third-order valence-corrected chi connectivity index (χ3v) is 6.32. The summed E-state index contributed by atoms with van der Waals surface area (Å²) in [5.41, 5.74) is 0. The highest BCUT2D eigenvalue weighted by Crippen LogP contribution is 2.24. The summed E-state index contributed by atoms with van der Waals surface area (Å²) in [5.74, 6) is 3.88. The van der Waals surface area contributed by atoms with Crippen molar-refractivity contribution in [3.05, 3.63) is 0 Å². The van der Waals surface area contributed by atoms with E-state index < -0.39 is 0 Å². The molecule has 0 N–H and O–H groups in total. The molecule has 0 atom stereocenters. The van der Waals surface area contributed by atoms with Crippen molar-refractivity contribution >= 4 is 33.2 Å². The lowest BCUT2D eigenvalue weighted by molar-refractivity contribution is -0.122. The molecule has 0 fully saturated rings. The van der Waals surface area contributed by atoms with E-state index in [1.54, 1.807) is 0 Å². The predicted octanol–water partition coefficient (Wildman–Crippen LogP) is 6.33. The summed E-state index contributed by atoms with van der Waals surface area (Å²) >= 11 is 0. The molecule has 0 saturated heterocycles. The molecule has 0 radical (unpaired) electrons. The lowest BCUT2D eigenvalue weighted by Gasteiger charge is -2.05. The maximum absolute atomic E-state index is 11.8. The molecule has 0 rings (SSSR count). The van der Waals surface area contributed by atoms with Crippen molar-refractivity contribution < 1.29 is 9.59 Å². The first-order valence-electron chi connectivity index (χ1n) is 9.22. The molecule has 0 saturated carbocycles. The van der Waals surface area contributed by atoms with Crippen molar-refractivity contribution in [2.24, 2.45) is 11.8 Å². The molecule has 0 aliphatic rings. The van der Waals surface area contributed by atoms with Gasteiger partial charge in [-0.15, -0.1) is 0 Å². The molecule has 136 valence electrons. The van der Waals surface area contributed by atoms with Gasteiger partial charge in [0.05, 0.1) is 0 Å². The molecule has 2 nitrogen and oxygen atoms in total. The zero-order chi connectivity index (χ0) is 17.5. The monoisotopic (exact) mass is 360 g/mol. The topological polar surface area (TPSA) is 34.1 Å². The first kappa shape index (κ1) is 23.0. The summed E-state index contributed by atoms with van der Waals surface area (Å²) in [5, 5.41) is 0. The second-order valence-electron chi connectivity index (χ2n) is 7.00. The number of carbonyl (C=O) groups is 2. The standard InChI is InChI=1S/C19H36O2S2/c1-16(2)10-9-14-22-23-15-13-18(20)11-7-5-6-8-12-19(21)17(3)4/h16-17H,5-15H2,1-4H3. The van der Waals surface area contributed by atoms with Crippen molar-refractivity contribution in [2.75, 3.05) is 11.5 Å². The van der Waals surface area contributed by atoms with Crippen molar-refractivity contribution in [3.8, 4) is 0 Å². The number of carbonyl (C=O) groups excluding carboxylic acids is 2. The van der Waals surface area contributed by atoms with Crippen molar-refractivity contribution in [2.45, 2.75) is 85.5 Å². The minimum absolute atomic E-state index is 0.164. The van der Waals surface area contributed by atoms with Crippen LogP contribution in [0, 0.1) is 11.8 Å². The summed E-state index contributed by atoms with van der Waals surface area (Å²) in [6, 6.07) is 0. The van der Waals surface area contributed by atoms with Crippen LogP contribution in [0.3, 0.4) is 0 Å². The number of hydrogen-bond acceptors (Lipinski definition) is 4. The Labute approximate surface area is 151 Å². The Hall–Kier alpha value is 0.0400. The fourth-order valence-electron chi connectivity index (χ4n) is 2.21. The molecule has 0 aliphatic heterocycles. The van der Waals surface area contributed by atoms with Crippen LogP contribution in [-0.2, 0) is 9.59 Å². The molecule has 0 unspecified atom stereocenters. The number of unbranched alkanes of at least 4 members (excludes halogenated alkanes) is 3. The maximum Gasteiger partial charge on any atom is 0.135 e. The average Bonchev–Trinajstić information content (AvgIpc) is 2.49. The largest absolute Gasteiger partial charge is 0.300 e. The quantitative estimate of drug-likeness (QED) is 0.238. The lowest BCUT2D eigenvalue weighted by Crippen LogP contribution is -2.06. The van der Waals surface area contributed by atoms with Crippen molar-refractivity contribution in [1.82, 2.24) is 0 Å². The Morgan fingerprint density at radius 3 is 1.96 bits per heavy atom. The Bertz CT molecular complexity index is 314. The number of hydrogen-bond donors (Lipinski definition) is 0. The molecule has 0 bridgehead atoms. The molecule has 0 aliphatic carbocycles. The highest BCUT2D eigenvalue weighted by Gasteiger charge is 2.06. The fourth-order valence-corrected chi connectivity index (χ4v) is 4.35. The minimum atomic E-state index is 0.164. The Balaban J connectivity index is 3.30. The summed E-state index contributed by atoms with van der Waals surface area (Å²) in [6.07, 6.45) is 8.84. The second kappa shape index (κ2) is 15.6. The van der Waals surface area contributed by atoms with E-state index in [0.717, 1.165) is 43.8 Å². The Morgan fingerprint density at radius 1 is 0.739 bits per heavy atom. The van der Waals surface area contributed by atoms with Crippen LogP contribution in [0.1, 0.15) is 85.5 Å². The van der Waals surface area contributed by atoms with E-state index in [2.05, 4.69) is 13.8 Å². The number of Topliss-reactive ketones (excluding diaryl/α,β-unsaturated/α-hetero) is 2. The van der Waals surface area contributed by atoms with E-state index in [1.807, 2.05) is 35.4 Å². The van der Waals surface area contributed by atoms with Crippen LogP contribution in [0.2, 0.25) is 0 Å². The summed E-state index contributed by atoms with van der Waals surface area (Å²) in [4.78, 5) is 23.2. The van der Waals surface area contributed by atoms with Crippen LogP contribution in [0.5, 0.6) is 0 Å². The van der Waals surface area contributed by atoms with Crippen LogP contribution < -0.4 is 0 Å². The molecular weight excluding hydrogens is 324 g/mol. The predicted molar refractivity (Wildman–Crippen MR) is 106 cm³/mol. The molecule has 0 aromatic heterocycles. The lowest BCUT2D eigenvalue weighted by atomic mass is 10.0. The minimum Gasteiger partial charge on any atom is -0.300 e. The normalized spacial score (nSPS) is 11.4. The Morgan fingerprint density at radius 2 is 1.35 bits per heavy atom. The zero-order valence-corrected chi connectivity index (χ0v) is 17.2. The molecule has 0 heterocycles. The summed E-state index contributed by atoms with van der Waals surface area (Å²) < 4.78 is 0. The van der Waals surface area contributed by atoms with Gasteiger partial charge in [-0.2, -0.15) is 0 Å². The fraction of sp³-hybridized carbons (Fsp3) is 0.895. The van der Waals surface area contributed by atoms with Crippen LogP contribution >= 0.6 is 21.6 Å². The summed E-state index contributed by atoms with van der Waals surface area (Å²) in [7, 11) is 3.75. The van der Waals surface area contributed by atoms with Gasteiger partial charge in [0.15, 0.2) is 0 Å². The van der Waals surface area contributed by atoms with Crippen LogP contribution in [0.4, 0.5) is 0 Å². The van der Waals surface area contributed by atoms with Gasteiger partial charge in [0, 0.05) is 36.7 Å². The van der Waals surface area contributed by atoms with Gasteiger partial charge >= 0.3 is 0 Å². The molecule has 23 heavy (non-hydrogen) atoms. The first-order valence-corrected chi connectivity index (χ1v) is 11.7. The van der Waals surface area contributed by atoms with Crippen LogP contribution in [0.25, 0.3) is 0 Å². The van der Waals surface area contributed by atoms with Gasteiger partial charge in [-0.3, -0.25) is 9.59 Å². The highest BCUT2D eigenvalue weighted by atomic mass is 33.1. The summed E-state index contributed by atoms with van der Waals surface area (Å²) in [6.45, 7) is 8.45. The molecule has 0 spiro atoms. The second-order valence-corrected chi connectivity index (χ2v) is 9.71. The van der Waals surface area contributed by atoms with Crippen LogP contribution in [0.15, 0.2) is 0 Å². The van der Waals surface area contributed by atoms with Gasteiger partial charge in [-0.05, 0) is 25.2 Å². The molecule has 4 heteroatoms. The van der Waals surface area contributed by atoms with E-state index in [9.17, 15) is 9.59 Å². The van der Waals surface area contributed by atoms with Gasteiger partial charge in [0.1, 0.15) is 11.6 Å². The number of rotatable bonds is 16. The van der Waals surface area contributed by atoms with Crippen molar-refractivity contribution in [1.29, 1.82) is 0 Å². The molecular formula is C19H36O2S2. The SMILES string of the molecule is CC(C)CCCSSCCC(=O)CCCCCCC(=O)C(C)C. The highest BCUT2D eigenvalue weighted by molar-refractivity contribution is 8.76. The van der Waals surface area contributed by atoms with E-state index in [4.69, 9.17) is 0 Å². The third-order valence-electron chi connectivity index (χ3n) is 3.83. The average molecular weight is 361 g/mol.